The van der Waals surface area contributed by atoms with Crippen molar-refractivity contribution >= 4 is 0 Å². The lowest BCUT2D eigenvalue weighted by molar-refractivity contribution is -0.0291. The summed E-state index contributed by atoms with van der Waals surface area (Å²) < 4.78 is 82.1. The van der Waals surface area contributed by atoms with Crippen LogP contribution in [0.5, 0.6) is 0 Å². The predicted octanol–water partition coefficient (Wildman–Crippen LogP) is 2.36. The molecule has 13 nitrogen and oxygen atoms in total. The summed E-state index contributed by atoms with van der Waals surface area (Å²) in [7, 11) is 0. The van der Waals surface area contributed by atoms with E-state index in [4.69, 9.17) is 61.6 Å². The summed E-state index contributed by atoms with van der Waals surface area (Å²) in [5.41, 5.74) is 0. The van der Waals surface area contributed by atoms with Gasteiger partial charge in [-0.15, -0.1) is 0 Å². The number of unbranched alkanes of at least 4 members (excludes halogenated alkanes) is 2. The van der Waals surface area contributed by atoms with Crippen LogP contribution in [0, 0.1) is 0 Å². The topological polar surface area (TPSA) is 120 Å². The zero-order valence-corrected chi connectivity index (χ0v) is 27.9. The maximum atomic E-state index is 11.8. The normalized spacial score (nSPS) is 11.6. The smallest absolute Gasteiger partial charge is 0.113 e. The average molecular weight is 663 g/mol. The van der Waals surface area contributed by atoms with Gasteiger partial charge >= 0.3 is 0 Å². The Morgan fingerprint density at radius 2 is 0.422 bits per heavy atom. The van der Waals surface area contributed by atoms with Gasteiger partial charge in [-0.2, -0.15) is 0 Å². The van der Waals surface area contributed by atoms with Crippen molar-refractivity contribution in [2.45, 2.75) is 26.2 Å². The lowest BCUT2D eigenvalue weighted by Crippen LogP contribution is -2.15. The number of halogens is 1. The van der Waals surface area contributed by atoms with Gasteiger partial charge in [-0.05, 0) is 6.42 Å². The molecule has 0 aliphatic carbocycles. The fourth-order valence-electron chi connectivity index (χ4n) is 3.25. The average Bonchev–Trinajstić information content (AvgIpc) is 3.05. The molecule has 0 spiro atoms. The summed E-state index contributed by atoms with van der Waals surface area (Å²) in [6.07, 6.45) is 3.54. The molecule has 0 saturated heterocycles. The molecule has 0 bridgehead atoms. The van der Waals surface area contributed by atoms with Gasteiger partial charge in [0.15, 0.2) is 0 Å². The van der Waals surface area contributed by atoms with Crippen LogP contribution in [0.3, 0.4) is 0 Å². The number of rotatable bonds is 42. The van der Waals surface area contributed by atoms with E-state index in [1.54, 1.807) is 0 Å². The van der Waals surface area contributed by atoms with Gasteiger partial charge in [0.2, 0.25) is 0 Å². The monoisotopic (exact) mass is 662 g/mol. The Balaban J connectivity index is 3.03. The van der Waals surface area contributed by atoms with E-state index >= 15 is 0 Å². The van der Waals surface area contributed by atoms with E-state index in [9.17, 15) is 4.39 Å². The van der Waals surface area contributed by atoms with Gasteiger partial charge in [0.05, 0.1) is 165 Å². The first-order valence-electron chi connectivity index (χ1n) is 16.5. The van der Waals surface area contributed by atoms with Gasteiger partial charge in [-0.3, -0.25) is 0 Å². The molecule has 0 heterocycles. The Morgan fingerprint density at radius 1 is 0.244 bits per heavy atom. The highest BCUT2D eigenvalue weighted by molar-refractivity contribution is 4.40. The van der Waals surface area contributed by atoms with Crippen molar-refractivity contribution in [2.24, 2.45) is 0 Å². The fourth-order valence-corrected chi connectivity index (χ4v) is 3.25. The Morgan fingerprint density at radius 3 is 0.600 bits per heavy atom. The van der Waals surface area contributed by atoms with Gasteiger partial charge in [-0.1, -0.05) is 19.8 Å². The van der Waals surface area contributed by atoms with Crippen LogP contribution in [0.4, 0.5) is 4.39 Å². The maximum absolute atomic E-state index is 11.8. The number of hydrogen-bond donors (Lipinski definition) is 0. The van der Waals surface area contributed by atoms with Crippen molar-refractivity contribution in [3.05, 3.63) is 0 Å². The number of hydrogen-bond acceptors (Lipinski definition) is 13. The first-order chi connectivity index (χ1) is 22.4. The molecule has 0 unspecified atom stereocenters. The number of alkyl halides is 1. The SMILES string of the molecule is CCCCCOCCOCCOCCOCCOCCOCCOCCOCCOCCOCCOCCOCCOCCF. The van der Waals surface area contributed by atoms with Crippen molar-refractivity contribution in [3.63, 3.8) is 0 Å². The predicted molar refractivity (Wildman–Crippen MR) is 166 cm³/mol. The second kappa shape index (κ2) is 43.4. The van der Waals surface area contributed by atoms with Gasteiger partial charge in [0.1, 0.15) is 6.67 Å². The summed E-state index contributed by atoms with van der Waals surface area (Å²) in [6, 6.07) is 0. The Kier molecular flexibility index (Phi) is 42.8. The molecular formula is C31H63FO13. The zero-order valence-electron chi connectivity index (χ0n) is 27.9. The maximum Gasteiger partial charge on any atom is 0.113 e. The third-order valence-corrected chi connectivity index (χ3v) is 5.58. The quantitative estimate of drug-likeness (QED) is 0.0891. The van der Waals surface area contributed by atoms with Crippen molar-refractivity contribution in [1.82, 2.24) is 0 Å². The van der Waals surface area contributed by atoms with Crippen LogP contribution in [0.2, 0.25) is 0 Å². The van der Waals surface area contributed by atoms with Crippen LogP contribution in [-0.4, -0.2) is 178 Å². The Hall–Kier alpha value is -0.590. The second-order valence-corrected chi connectivity index (χ2v) is 9.36. The van der Waals surface area contributed by atoms with Crippen molar-refractivity contribution in [3.8, 4) is 0 Å². The second-order valence-electron chi connectivity index (χ2n) is 9.36. The van der Waals surface area contributed by atoms with Crippen LogP contribution in [0.15, 0.2) is 0 Å². The molecule has 45 heavy (non-hydrogen) atoms. The van der Waals surface area contributed by atoms with E-state index in [0.717, 1.165) is 13.0 Å². The van der Waals surface area contributed by atoms with Gasteiger partial charge in [0, 0.05) is 6.61 Å². The zero-order chi connectivity index (χ0) is 32.4. The summed E-state index contributed by atoms with van der Waals surface area (Å²) >= 11 is 0. The van der Waals surface area contributed by atoms with Crippen molar-refractivity contribution in [2.75, 3.05) is 178 Å². The van der Waals surface area contributed by atoms with Crippen LogP contribution in [0.1, 0.15) is 26.2 Å². The van der Waals surface area contributed by atoms with Crippen molar-refractivity contribution in [1.29, 1.82) is 0 Å². The molecule has 0 fully saturated rings. The van der Waals surface area contributed by atoms with E-state index in [1.165, 1.54) is 12.8 Å². The van der Waals surface area contributed by atoms with Crippen molar-refractivity contribution < 1.29 is 66.0 Å². The van der Waals surface area contributed by atoms with Crippen LogP contribution in [0.25, 0.3) is 0 Å². The minimum absolute atomic E-state index is 0.114. The number of ether oxygens (including phenoxy) is 13. The molecule has 0 aliphatic rings. The Bertz CT molecular complexity index is 470. The minimum Gasteiger partial charge on any atom is -0.379 e. The highest BCUT2D eigenvalue weighted by Gasteiger charge is 1.97. The summed E-state index contributed by atoms with van der Waals surface area (Å²) in [6.45, 7) is 14.9. The van der Waals surface area contributed by atoms with Crippen LogP contribution < -0.4 is 0 Å². The first-order valence-corrected chi connectivity index (χ1v) is 16.5. The molecule has 0 saturated carbocycles. The summed E-state index contributed by atoms with van der Waals surface area (Å²) in [5.74, 6) is 0. The van der Waals surface area contributed by atoms with E-state index in [0.29, 0.717) is 159 Å². The first kappa shape index (κ1) is 44.4. The third kappa shape index (κ3) is 43.4. The van der Waals surface area contributed by atoms with Crippen LogP contribution >= 0.6 is 0 Å². The molecule has 14 heteroatoms. The van der Waals surface area contributed by atoms with Gasteiger partial charge in [-0.25, -0.2) is 4.39 Å². The van der Waals surface area contributed by atoms with Gasteiger partial charge < -0.3 is 61.6 Å². The molecular weight excluding hydrogens is 599 g/mol. The molecule has 0 atom stereocenters. The van der Waals surface area contributed by atoms with E-state index < -0.39 is 6.67 Å². The Labute approximate surface area is 270 Å². The van der Waals surface area contributed by atoms with Crippen LogP contribution in [-0.2, 0) is 61.6 Å². The lowest BCUT2D eigenvalue weighted by Gasteiger charge is -2.09. The van der Waals surface area contributed by atoms with Gasteiger partial charge in [0.25, 0.3) is 0 Å². The molecule has 0 aromatic rings. The molecule has 0 aromatic carbocycles. The third-order valence-electron chi connectivity index (χ3n) is 5.58. The standard InChI is InChI=1S/C31H63FO13/c1-2-3-4-6-33-8-10-35-12-14-37-16-18-39-20-22-41-24-26-43-28-30-45-31-29-44-27-25-42-23-21-40-19-17-38-15-13-36-11-9-34-7-5-32/h2-31H2,1H3. The highest BCUT2D eigenvalue weighted by Crippen LogP contribution is 1.94. The van der Waals surface area contributed by atoms with E-state index in [2.05, 4.69) is 6.92 Å². The van der Waals surface area contributed by atoms with E-state index in [-0.39, 0.29) is 6.61 Å². The highest BCUT2D eigenvalue weighted by atomic mass is 19.1. The lowest BCUT2D eigenvalue weighted by atomic mass is 10.3. The molecule has 0 rings (SSSR count). The largest absolute Gasteiger partial charge is 0.379 e. The molecule has 0 amide bonds. The molecule has 0 N–H and O–H groups in total. The molecule has 0 aliphatic heterocycles. The fraction of sp³-hybridized carbons (Fsp3) is 1.00. The summed E-state index contributed by atoms with van der Waals surface area (Å²) in [4.78, 5) is 0. The molecule has 272 valence electrons. The summed E-state index contributed by atoms with van der Waals surface area (Å²) in [5, 5.41) is 0. The molecule has 0 aromatic heterocycles. The van der Waals surface area contributed by atoms with E-state index in [1.807, 2.05) is 0 Å². The molecule has 0 radical (unpaired) electrons. The minimum atomic E-state index is -0.474.